The summed E-state index contributed by atoms with van der Waals surface area (Å²) in [6.45, 7) is 5.09. The van der Waals surface area contributed by atoms with Crippen LogP contribution in [-0.2, 0) is 0 Å². The van der Waals surface area contributed by atoms with Crippen LogP contribution in [0, 0.1) is 13.8 Å². The Labute approximate surface area is 161 Å². The van der Waals surface area contributed by atoms with E-state index in [0.29, 0.717) is 27.8 Å². The zero-order valence-corrected chi connectivity index (χ0v) is 16.2. The quantitative estimate of drug-likeness (QED) is 0.476. The van der Waals surface area contributed by atoms with Gasteiger partial charge in [-0.1, -0.05) is 48.2 Å². The number of nitrogens with one attached hydrogen (secondary N) is 2. The van der Waals surface area contributed by atoms with Crippen LogP contribution in [0.4, 0.5) is 0 Å². The normalized spacial score (nSPS) is 11.2. The molecule has 138 valence electrons. The average molecular weight is 380 g/mol. The minimum absolute atomic E-state index is 0.0447. The number of ketones is 2. The summed E-state index contributed by atoms with van der Waals surface area (Å²) in [6, 6.07) is 9.89. The molecule has 2 N–H and O–H groups in total. The molecular formula is C20H20N4O2S. The van der Waals surface area contributed by atoms with Gasteiger partial charge in [0.2, 0.25) is 5.16 Å². The zero-order chi connectivity index (χ0) is 19.4. The van der Waals surface area contributed by atoms with E-state index in [4.69, 9.17) is 0 Å². The van der Waals surface area contributed by atoms with Crippen molar-refractivity contribution in [3.05, 3.63) is 64.2 Å². The number of carbonyl (C=O) groups is 2. The van der Waals surface area contributed by atoms with Gasteiger partial charge in [0, 0.05) is 11.3 Å². The Morgan fingerprint density at radius 2 is 1.89 bits per heavy atom. The van der Waals surface area contributed by atoms with Crippen LogP contribution in [-0.4, -0.2) is 37.5 Å². The van der Waals surface area contributed by atoms with Crippen molar-refractivity contribution in [2.24, 2.45) is 0 Å². The molecule has 0 saturated heterocycles. The number of H-pyrrole nitrogens is 2. The van der Waals surface area contributed by atoms with Gasteiger partial charge in [-0.25, -0.2) is 4.98 Å². The summed E-state index contributed by atoms with van der Waals surface area (Å²) in [5.41, 5.74) is 3.56. The van der Waals surface area contributed by atoms with Crippen LogP contribution < -0.4 is 0 Å². The molecule has 0 aliphatic carbocycles. The molecule has 0 aliphatic heterocycles. The molecule has 2 heterocycles. The number of carbonyl (C=O) groups excluding carboxylic acids is 2. The van der Waals surface area contributed by atoms with Gasteiger partial charge in [-0.05, 0) is 38.0 Å². The third kappa shape index (κ3) is 4.43. The van der Waals surface area contributed by atoms with E-state index < -0.39 is 0 Å². The standard InChI is InChI=1S/C20H20N4O2S/c1-12-18(14(3)25)13(2)21-19(12)16(26)11-27-20-22-17(23-24-20)10-9-15-7-5-4-6-8-15/h4-10,21H,11H2,1-3H3,(H,22,23,24)/b10-9+. The lowest BCUT2D eigenvalue weighted by Gasteiger charge is -1.99. The molecule has 0 radical (unpaired) electrons. The number of aromatic amines is 2. The van der Waals surface area contributed by atoms with Crippen molar-refractivity contribution in [3.63, 3.8) is 0 Å². The molecule has 7 heteroatoms. The van der Waals surface area contributed by atoms with E-state index in [2.05, 4.69) is 20.2 Å². The fourth-order valence-corrected chi connectivity index (χ4v) is 3.57. The van der Waals surface area contributed by atoms with Gasteiger partial charge in [0.05, 0.1) is 11.4 Å². The summed E-state index contributed by atoms with van der Waals surface area (Å²) in [7, 11) is 0. The van der Waals surface area contributed by atoms with E-state index in [-0.39, 0.29) is 17.3 Å². The maximum absolute atomic E-state index is 12.5. The Kier molecular flexibility index (Phi) is 5.71. The minimum Gasteiger partial charge on any atom is -0.355 e. The summed E-state index contributed by atoms with van der Waals surface area (Å²) in [5, 5.41) is 7.48. The van der Waals surface area contributed by atoms with Crippen molar-refractivity contribution >= 4 is 35.5 Å². The van der Waals surface area contributed by atoms with Crippen LogP contribution in [0.3, 0.4) is 0 Å². The highest BCUT2D eigenvalue weighted by molar-refractivity contribution is 7.99. The molecule has 3 aromatic rings. The first-order valence-electron chi connectivity index (χ1n) is 8.47. The monoisotopic (exact) mass is 380 g/mol. The zero-order valence-electron chi connectivity index (χ0n) is 15.4. The van der Waals surface area contributed by atoms with Gasteiger partial charge in [-0.3, -0.25) is 14.7 Å². The number of benzene rings is 1. The smallest absolute Gasteiger partial charge is 0.209 e. The lowest BCUT2D eigenvalue weighted by atomic mass is 10.1. The van der Waals surface area contributed by atoms with E-state index in [0.717, 1.165) is 11.3 Å². The number of hydrogen-bond acceptors (Lipinski definition) is 5. The molecule has 0 spiro atoms. The minimum atomic E-state index is -0.0840. The highest BCUT2D eigenvalue weighted by Gasteiger charge is 2.20. The number of rotatable bonds is 7. The van der Waals surface area contributed by atoms with Crippen LogP contribution in [0.5, 0.6) is 0 Å². The molecule has 1 aromatic carbocycles. The van der Waals surface area contributed by atoms with Gasteiger partial charge in [-0.2, -0.15) is 0 Å². The number of nitrogens with zero attached hydrogens (tertiary/aromatic N) is 2. The van der Waals surface area contributed by atoms with E-state index in [1.165, 1.54) is 18.7 Å². The fraction of sp³-hybridized carbons (Fsp3) is 0.200. The van der Waals surface area contributed by atoms with Gasteiger partial charge in [-0.15, -0.1) is 5.10 Å². The average Bonchev–Trinajstić information content (AvgIpc) is 3.22. The van der Waals surface area contributed by atoms with E-state index in [1.54, 1.807) is 13.8 Å². The van der Waals surface area contributed by atoms with E-state index in [1.807, 2.05) is 42.5 Å². The van der Waals surface area contributed by atoms with Crippen LogP contribution in [0.25, 0.3) is 12.2 Å². The van der Waals surface area contributed by atoms with Crippen molar-refractivity contribution in [2.45, 2.75) is 25.9 Å². The summed E-state index contributed by atoms with van der Waals surface area (Å²) >= 11 is 1.26. The SMILES string of the molecule is CC(=O)c1c(C)[nH]c(C(=O)CSc2n[nH]c(/C=C/c3ccccc3)n2)c1C. The van der Waals surface area contributed by atoms with Crippen molar-refractivity contribution in [2.75, 3.05) is 5.75 Å². The third-order valence-electron chi connectivity index (χ3n) is 4.12. The van der Waals surface area contributed by atoms with Crippen molar-refractivity contribution in [1.82, 2.24) is 20.2 Å². The number of Topliss-reactive ketones (excluding diaryl/α,β-unsaturated/α-hetero) is 2. The maximum Gasteiger partial charge on any atom is 0.209 e. The number of aromatic nitrogens is 4. The largest absolute Gasteiger partial charge is 0.355 e. The summed E-state index contributed by atoms with van der Waals surface area (Å²) in [5.74, 6) is 0.688. The molecule has 6 nitrogen and oxygen atoms in total. The van der Waals surface area contributed by atoms with Crippen LogP contribution in [0.2, 0.25) is 0 Å². The summed E-state index contributed by atoms with van der Waals surface area (Å²) in [6.07, 6.45) is 3.78. The summed E-state index contributed by atoms with van der Waals surface area (Å²) in [4.78, 5) is 31.6. The van der Waals surface area contributed by atoms with Gasteiger partial charge < -0.3 is 4.98 Å². The van der Waals surface area contributed by atoms with E-state index in [9.17, 15) is 9.59 Å². The first-order chi connectivity index (χ1) is 13.0. The van der Waals surface area contributed by atoms with Gasteiger partial charge in [0.15, 0.2) is 11.6 Å². The van der Waals surface area contributed by atoms with Crippen molar-refractivity contribution in [3.8, 4) is 0 Å². The second kappa shape index (κ2) is 8.18. The van der Waals surface area contributed by atoms with Crippen molar-refractivity contribution in [1.29, 1.82) is 0 Å². The molecule has 0 amide bonds. The number of aryl methyl sites for hydroxylation is 1. The lowest BCUT2D eigenvalue weighted by molar-refractivity contribution is 0.101. The fourth-order valence-electron chi connectivity index (χ4n) is 2.90. The van der Waals surface area contributed by atoms with Crippen molar-refractivity contribution < 1.29 is 9.59 Å². The maximum atomic E-state index is 12.5. The lowest BCUT2D eigenvalue weighted by Crippen LogP contribution is -2.05. The Bertz CT molecular complexity index is 1000. The third-order valence-corrected chi connectivity index (χ3v) is 4.96. The van der Waals surface area contributed by atoms with Crippen LogP contribution >= 0.6 is 11.8 Å². The van der Waals surface area contributed by atoms with Crippen LogP contribution in [0.15, 0.2) is 35.5 Å². The number of thioether (sulfide) groups is 1. The topological polar surface area (TPSA) is 91.5 Å². The summed E-state index contributed by atoms with van der Waals surface area (Å²) < 4.78 is 0. The van der Waals surface area contributed by atoms with Gasteiger partial charge >= 0.3 is 0 Å². The Morgan fingerprint density at radius 1 is 1.15 bits per heavy atom. The molecule has 0 unspecified atom stereocenters. The predicted octanol–water partition coefficient (Wildman–Crippen LogP) is 4.10. The highest BCUT2D eigenvalue weighted by Crippen LogP contribution is 2.21. The first-order valence-corrected chi connectivity index (χ1v) is 9.46. The molecule has 0 aliphatic rings. The second-order valence-corrected chi connectivity index (χ2v) is 7.08. The Hall–Kier alpha value is -2.93. The van der Waals surface area contributed by atoms with E-state index >= 15 is 0 Å². The van der Waals surface area contributed by atoms with Gasteiger partial charge in [0.25, 0.3) is 0 Å². The molecule has 27 heavy (non-hydrogen) atoms. The molecule has 0 atom stereocenters. The molecule has 3 rings (SSSR count). The first kappa shape index (κ1) is 18.8. The Balaban J connectivity index is 1.63. The molecule has 0 fully saturated rings. The Morgan fingerprint density at radius 3 is 2.56 bits per heavy atom. The predicted molar refractivity (Wildman–Crippen MR) is 107 cm³/mol. The highest BCUT2D eigenvalue weighted by atomic mass is 32.2. The molecule has 0 saturated carbocycles. The molecular weight excluding hydrogens is 360 g/mol. The molecule has 0 bridgehead atoms. The van der Waals surface area contributed by atoms with Gasteiger partial charge in [0.1, 0.15) is 5.82 Å². The molecule has 2 aromatic heterocycles. The van der Waals surface area contributed by atoms with Crippen LogP contribution in [0.1, 0.15) is 50.4 Å². The second-order valence-electron chi connectivity index (χ2n) is 6.14. The number of hydrogen-bond donors (Lipinski definition) is 2.